The highest BCUT2D eigenvalue weighted by molar-refractivity contribution is 8.15. The number of rotatable bonds is 5. The molecule has 1 atom stereocenters. The van der Waals surface area contributed by atoms with Crippen LogP contribution in [0.15, 0.2) is 46.4 Å². The number of aliphatic imine (C=N–C) groups is 1. The maximum Gasteiger partial charge on any atom is 0.283 e. The van der Waals surface area contributed by atoms with Gasteiger partial charge in [-0.2, -0.15) is 0 Å². The third-order valence-electron chi connectivity index (χ3n) is 3.90. The highest BCUT2D eigenvalue weighted by atomic mass is 35.5. The van der Waals surface area contributed by atoms with Gasteiger partial charge in [0, 0.05) is 4.88 Å². The van der Waals surface area contributed by atoms with Gasteiger partial charge in [0.05, 0.1) is 23.1 Å². The van der Waals surface area contributed by atoms with Crippen molar-refractivity contribution in [2.24, 2.45) is 4.99 Å². The van der Waals surface area contributed by atoms with Gasteiger partial charge in [0.25, 0.3) is 5.91 Å². The number of ether oxygens (including phenoxy) is 1. The van der Waals surface area contributed by atoms with Crippen LogP contribution in [0.5, 0.6) is 5.75 Å². The van der Waals surface area contributed by atoms with Gasteiger partial charge in [0.2, 0.25) is 0 Å². The number of amides is 1. The number of anilines is 1. The molecule has 0 aliphatic carbocycles. The molecule has 0 spiro atoms. The summed E-state index contributed by atoms with van der Waals surface area (Å²) in [5, 5.41) is 2.45. The number of carbonyl (C=O) groups is 2. The van der Waals surface area contributed by atoms with E-state index in [1.807, 2.05) is 17.5 Å². The number of amidine groups is 1. The van der Waals surface area contributed by atoms with Crippen LogP contribution in [0, 0.1) is 0 Å². The Bertz CT molecular complexity index is 938. The fourth-order valence-electron chi connectivity index (χ4n) is 2.35. The molecule has 0 N–H and O–H groups in total. The molecule has 0 fully saturated rings. The summed E-state index contributed by atoms with van der Waals surface area (Å²) in [4.78, 5) is 31.6. The zero-order chi connectivity index (χ0) is 19.6. The molecule has 8 heteroatoms. The van der Waals surface area contributed by atoms with Crippen molar-refractivity contribution in [2.75, 3.05) is 12.0 Å². The predicted octanol–water partition coefficient (Wildman–Crippen LogP) is 4.86. The minimum atomic E-state index is -0.325. The molecular weight excluding hydrogens is 404 g/mol. The molecule has 27 heavy (non-hydrogen) atoms. The Morgan fingerprint density at radius 2 is 2.19 bits per heavy atom. The summed E-state index contributed by atoms with van der Waals surface area (Å²) in [7, 11) is 1.53. The number of hydrogen-bond acceptors (Lipinski definition) is 6. The molecular formula is C19H17ClN2O3S2. The normalized spacial score (nSPS) is 16.6. The third kappa shape index (κ3) is 4.26. The molecule has 0 radical (unpaired) electrons. The lowest BCUT2D eigenvalue weighted by Crippen LogP contribution is -2.31. The molecule has 1 aliphatic rings. The van der Waals surface area contributed by atoms with Gasteiger partial charge in [-0.25, -0.2) is 4.99 Å². The fraction of sp³-hybridized carbons (Fsp3) is 0.211. The molecule has 140 valence electrons. The van der Waals surface area contributed by atoms with Crippen molar-refractivity contribution >= 4 is 63.3 Å². The summed E-state index contributed by atoms with van der Waals surface area (Å²) < 4.78 is 5.18. The number of thiophene rings is 1. The molecule has 0 bridgehead atoms. The van der Waals surface area contributed by atoms with Crippen LogP contribution >= 0.6 is 34.7 Å². The summed E-state index contributed by atoms with van der Waals surface area (Å²) >= 11 is 9.00. The first-order chi connectivity index (χ1) is 12.9. The monoisotopic (exact) mass is 420 g/mol. The van der Waals surface area contributed by atoms with Gasteiger partial charge >= 0.3 is 0 Å². The fourth-order valence-corrected chi connectivity index (χ4v) is 4.18. The number of hydrogen-bond donors (Lipinski definition) is 0. The second kappa shape index (κ2) is 8.29. The summed E-state index contributed by atoms with van der Waals surface area (Å²) in [6, 6.07) is 8.92. The smallest absolute Gasteiger partial charge is 0.283 e. The van der Waals surface area contributed by atoms with Crippen LogP contribution in [0.4, 0.5) is 5.69 Å². The average molecular weight is 421 g/mol. The molecule has 2 heterocycles. The van der Waals surface area contributed by atoms with Crippen molar-refractivity contribution in [1.29, 1.82) is 0 Å². The maximum absolute atomic E-state index is 13.0. The van der Waals surface area contributed by atoms with Crippen molar-refractivity contribution in [3.8, 4) is 5.75 Å². The lowest BCUT2D eigenvalue weighted by atomic mass is 10.2. The van der Waals surface area contributed by atoms with Crippen molar-refractivity contribution in [2.45, 2.75) is 19.1 Å². The number of ketones is 1. The van der Waals surface area contributed by atoms with Crippen LogP contribution in [-0.4, -0.2) is 29.2 Å². The molecule has 2 aromatic rings. The molecule has 1 unspecified atom stereocenters. The van der Waals surface area contributed by atoms with E-state index in [2.05, 4.69) is 4.99 Å². The third-order valence-corrected chi connectivity index (χ3v) is 6.18. The van der Waals surface area contributed by atoms with E-state index in [4.69, 9.17) is 16.3 Å². The molecule has 1 amide bonds. The largest absolute Gasteiger partial charge is 0.495 e. The Morgan fingerprint density at radius 1 is 1.41 bits per heavy atom. The number of Topliss-reactive ketones (excluding diaryl/α,β-unsaturated/α-hetero) is 1. The highest BCUT2D eigenvalue weighted by Gasteiger charge is 2.34. The Labute approximate surface area is 170 Å². The van der Waals surface area contributed by atoms with Crippen molar-refractivity contribution < 1.29 is 14.3 Å². The number of halogens is 1. The van der Waals surface area contributed by atoms with Crippen LogP contribution < -0.4 is 9.64 Å². The lowest BCUT2D eigenvalue weighted by Gasteiger charge is -2.20. The van der Waals surface area contributed by atoms with Crippen LogP contribution in [0.3, 0.4) is 0 Å². The molecule has 3 rings (SSSR count). The van der Waals surface area contributed by atoms with Crippen molar-refractivity contribution in [3.63, 3.8) is 0 Å². The van der Waals surface area contributed by atoms with Gasteiger partial charge in [-0.3, -0.25) is 14.5 Å². The van der Waals surface area contributed by atoms with E-state index in [1.165, 1.54) is 42.0 Å². The minimum Gasteiger partial charge on any atom is -0.495 e. The lowest BCUT2D eigenvalue weighted by molar-refractivity contribution is -0.116. The molecule has 0 saturated carbocycles. The molecule has 0 saturated heterocycles. The second-order valence-corrected chi connectivity index (χ2v) is 8.46. The summed E-state index contributed by atoms with van der Waals surface area (Å²) in [6.07, 6.45) is 1.75. The summed E-state index contributed by atoms with van der Waals surface area (Å²) in [6.45, 7) is 3.31. The SMILES string of the molecule is COc1ccc(N2C(=O)/C(=C\c3cccs3)N=C2SC(C)C(C)=O)cc1Cl. The second-order valence-electron chi connectivity index (χ2n) is 5.77. The molecule has 5 nitrogen and oxygen atoms in total. The van der Waals surface area contributed by atoms with Crippen LogP contribution in [0.25, 0.3) is 6.08 Å². The van der Waals surface area contributed by atoms with Gasteiger partial charge < -0.3 is 4.74 Å². The van der Waals surface area contributed by atoms with E-state index in [-0.39, 0.29) is 16.9 Å². The Balaban J connectivity index is 2.01. The average Bonchev–Trinajstić information content (AvgIpc) is 3.24. The minimum absolute atomic E-state index is 0.0125. The summed E-state index contributed by atoms with van der Waals surface area (Å²) in [5.74, 6) is 0.270. The summed E-state index contributed by atoms with van der Waals surface area (Å²) in [5.41, 5.74) is 0.894. The van der Waals surface area contributed by atoms with Gasteiger partial charge in [-0.15, -0.1) is 11.3 Å². The first-order valence-electron chi connectivity index (χ1n) is 8.09. The van der Waals surface area contributed by atoms with Gasteiger partial charge in [0.1, 0.15) is 17.2 Å². The van der Waals surface area contributed by atoms with Crippen molar-refractivity contribution in [1.82, 2.24) is 0 Å². The Hall–Kier alpha value is -2.09. The van der Waals surface area contributed by atoms with E-state index in [0.717, 1.165) is 4.88 Å². The first-order valence-corrected chi connectivity index (χ1v) is 10.2. The highest BCUT2D eigenvalue weighted by Crippen LogP contribution is 2.35. The number of benzene rings is 1. The Kier molecular flexibility index (Phi) is 6.04. The van der Waals surface area contributed by atoms with Crippen LogP contribution in [0.2, 0.25) is 5.02 Å². The standard InChI is InChI=1S/C19H17ClN2O3S2/c1-11(23)12(2)27-19-21-16(10-14-5-4-8-26-14)18(24)22(19)13-6-7-17(25-3)15(20)9-13/h4-10,12H,1-3H3/b16-10+. The van der Waals surface area contributed by atoms with E-state index in [0.29, 0.717) is 27.3 Å². The maximum atomic E-state index is 13.0. The van der Waals surface area contributed by atoms with E-state index in [1.54, 1.807) is 31.2 Å². The number of methoxy groups -OCH3 is 1. The molecule has 1 aromatic heterocycles. The van der Waals surface area contributed by atoms with Crippen LogP contribution in [-0.2, 0) is 9.59 Å². The van der Waals surface area contributed by atoms with Gasteiger partial charge in [0.15, 0.2) is 5.17 Å². The molecule has 1 aliphatic heterocycles. The Morgan fingerprint density at radius 3 is 2.78 bits per heavy atom. The van der Waals surface area contributed by atoms with Crippen LogP contribution in [0.1, 0.15) is 18.7 Å². The predicted molar refractivity (Wildman–Crippen MR) is 113 cm³/mol. The topological polar surface area (TPSA) is 59.0 Å². The van der Waals surface area contributed by atoms with E-state index >= 15 is 0 Å². The first kappa shape index (κ1) is 19.7. The van der Waals surface area contributed by atoms with E-state index in [9.17, 15) is 9.59 Å². The number of carbonyl (C=O) groups excluding carboxylic acids is 2. The van der Waals surface area contributed by atoms with Gasteiger partial charge in [-0.1, -0.05) is 29.4 Å². The van der Waals surface area contributed by atoms with Gasteiger partial charge in [-0.05, 0) is 49.6 Å². The number of nitrogens with zero attached hydrogens (tertiary/aromatic N) is 2. The quantitative estimate of drug-likeness (QED) is 0.648. The zero-order valence-corrected chi connectivity index (χ0v) is 17.3. The number of thioether (sulfide) groups is 1. The zero-order valence-electron chi connectivity index (χ0n) is 14.9. The molecule has 1 aromatic carbocycles. The van der Waals surface area contributed by atoms with Crippen molar-refractivity contribution in [3.05, 3.63) is 51.3 Å². The van der Waals surface area contributed by atoms with E-state index < -0.39 is 0 Å².